The van der Waals surface area contributed by atoms with Crippen LogP contribution in [0, 0.1) is 11.3 Å². The van der Waals surface area contributed by atoms with Crippen LogP contribution in [0.15, 0.2) is 18.2 Å². The summed E-state index contributed by atoms with van der Waals surface area (Å²) in [6, 6.07) is 7.38. The van der Waals surface area contributed by atoms with E-state index in [4.69, 9.17) is 5.26 Å². The van der Waals surface area contributed by atoms with Gasteiger partial charge in [0, 0.05) is 0 Å². The predicted molar refractivity (Wildman–Crippen MR) is 43.5 cm³/mol. The van der Waals surface area contributed by atoms with Gasteiger partial charge in [0.2, 0.25) is 5.91 Å². The van der Waals surface area contributed by atoms with Crippen molar-refractivity contribution in [2.75, 3.05) is 5.32 Å². The summed E-state index contributed by atoms with van der Waals surface area (Å²) in [5.41, 5.74) is 2.14. The van der Waals surface area contributed by atoms with Crippen molar-refractivity contribution in [3.05, 3.63) is 29.3 Å². The molecule has 3 nitrogen and oxygen atoms in total. The smallest absolute Gasteiger partial charge is 0.228 e. The lowest BCUT2D eigenvalue weighted by Gasteiger charge is -1.98. The van der Waals surface area contributed by atoms with Gasteiger partial charge in [0.05, 0.1) is 17.7 Å². The van der Waals surface area contributed by atoms with Gasteiger partial charge in [-0.15, -0.1) is 0 Å². The van der Waals surface area contributed by atoms with E-state index in [0.29, 0.717) is 17.7 Å². The van der Waals surface area contributed by atoms with E-state index in [1.54, 1.807) is 12.1 Å². The minimum absolute atomic E-state index is 0.0345. The Morgan fingerprint density at radius 3 is 3.08 bits per heavy atom. The molecule has 0 unspecified atom stereocenters. The molecule has 0 saturated carbocycles. The van der Waals surface area contributed by atoms with Crippen molar-refractivity contribution in [2.45, 2.75) is 6.42 Å². The molecule has 58 valence electrons. The zero-order chi connectivity index (χ0) is 8.55. The second-order valence-electron chi connectivity index (χ2n) is 2.68. The molecule has 1 aliphatic heterocycles. The number of carbonyl (C=O) groups is 1. The van der Waals surface area contributed by atoms with E-state index in [9.17, 15) is 4.79 Å². The third-order valence-electron chi connectivity index (χ3n) is 1.89. The molecule has 0 saturated heterocycles. The molecular formula is C9H6N2O. The van der Waals surface area contributed by atoms with Crippen LogP contribution in [0.2, 0.25) is 0 Å². The summed E-state index contributed by atoms with van der Waals surface area (Å²) >= 11 is 0. The van der Waals surface area contributed by atoms with Crippen LogP contribution in [0.4, 0.5) is 5.69 Å². The van der Waals surface area contributed by atoms with Gasteiger partial charge in [-0.1, -0.05) is 12.1 Å². The number of nitriles is 1. The van der Waals surface area contributed by atoms with Crippen molar-refractivity contribution in [1.29, 1.82) is 5.26 Å². The van der Waals surface area contributed by atoms with E-state index < -0.39 is 0 Å². The zero-order valence-electron chi connectivity index (χ0n) is 6.29. The standard InChI is InChI=1S/C9H6N2O/c10-5-7-3-1-2-6-4-8(12)11-9(6)7/h1-3H,4H2,(H,11,12). The molecule has 0 spiro atoms. The molecule has 12 heavy (non-hydrogen) atoms. The van der Waals surface area contributed by atoms with Crippen LogP contribution in [-0.2, 0) is 11.2 Å². The van der Waals surface area contributed by atoms with Gasteiger partial charge in [0.25, 0.3) is 0 Å². The van der Waals surface area contributed by atoms with Crippen molar-refractivity contribution in [3.63, 3.8) is 0 Å². The third kappa shape index (κ3) is 0.857. The molecule has 1 N–H and O–H groups in total. The molecule has 1 aromatic rings. The number of amides is 1. The minimum Gasteiger partial charge on any atom is -0.324 e. The maximum absolute atomic E-state index is 10.9. The summed E-state index contributed by atoms with van der Waals surface area (Å²) < 4.78 is 0. The maximum atomic E-state index is 10.9. The largest absolute Gasteiger partial charge is 0.324 e. The molecule has 0 aliphatic carbocycles. The fraction of sp³-hybridized carbons (Fsp3) is 0.111. The SMILES string of the molecule is N#Cc1cccc2c1NC(=O)C2. The summed E-state index contributed by atoms with van der Waals surface area (Å²) in [6.07, 6.45) is 0.394. The Hall–Kier alpha value is -1.82. The highest BCUT2D eigenvalue weighted by Crippen LogP contribution is 2.25. The van der Waals surface area contributed by atoms with Crippen LogP contribution in [-0.4, -0.2) is 5.91 Å². The fourth-order valence-electron chi connectivity index (χ4n) is 1.34. The number of rotatable bonds is 0. The van der Waals surface area contributed by atoms with Gasteiger partial charge in [-0.25, -0.2) is 0 Å². The summed E-state index contributed by atoms with van der Waals surface area (Å²) in [7, 11) is 0. The molecule has 0 radical (unpaired) electrons. The molecule has 1 aromatic carbocycles. The topological polar surface area (TPSA) is 52.9 Å². The predicted octanol–water partition coefficient (Wildman–Crippen LogP) is 1.05. The highest BCUT2D eigenvalue weighted by Gasteiger charge is 2.19. The van der Waals surface area contributed by atoms with Gasteiger partial charge >= 0.3 is 0 Å². The Kier molecular flexibility index (Phi) is 1.34. The van der Waals surface area contributed by atoms with Crippen molar-refractivity contribution in [1.82, 2.24) is 0 Å². The van der Waals surface area contributed by atoms with Crippen LogP contribution in [0.1, 0.15) is 11.1 Å². The van der Waals surface area contributed by atoms with E-state index in [0.717, 1.165) is 5.56 Å². The van der Waals surface area contributed by atoms with Crippen LogP contribution in [0.3, 0.4) is 0 Å². The Morgan fingerprint density at radius 2 is 2.33 bits per heavy atom. The molecule has 1 amide bonds. The van der Waals surface area contributed by atoms with E-state index >= 15 is 0 Å². The normalized spacial score (nSPS) is 13.4. The Morgan fingerprint density at radius 1 is 1.50 bits per heavy atom. The highest BCUT2D eigenvalue weighted by atomic mass is 16.1. The minimum atomic E-state index is -0.0345. The molecule has 1 heterocycles. The van der Waals surface area contributed by atoms with Crippen LogP contribution in [0.25, 0.3) is 0 Å². The lowest BCUT2D eigenvalue weighted by Crippen LogP contribution is -2.04. The van der Waals surface area contributed by atoms with Crippen LogP contribution < -0.4 is 5.32 Å². The number of benzene rings is 1. The Labute approximate surface area is 69.6 Å². The Balaban J connectivity index is 2.60. The number of para-hydroxylation sites is 1. The van der Waals surface area contributed by atoms with Crippen LogP contribution >= 0.6 is 0 Å². The van der Waals surface area contributed by atoms with Gasteiger partial charge in [0.15, 0.2) is 0 Å². The highest BCUT2D eigenvalue weighted by molar-refractivity contribution is 6.00. The average Bonchev–Trinajstić information content (AvgIpc) is 2.44. The number of anilines is 1. The van der Waals surface area contributed by atoms with Crippen molar-refractivity contribution in [2.24, 2.45) is 0 Å². The molecule has 1 aliphatic rings. The van der Waals surface area contributed by atoms with Gasteiger partial charge in [0.1, 0.15) is 6.07 Å². The monoisotopic (exact) mass is 158 g/mol. The molecule has 0 atom stereocenters. The lowest BCUT2D eigenvalue weighted by molar-refractivity contribution is -0.115. The fourth-order valence-corrected chi connectivity index (χ4v) is 1.34. The first-order valence-corrected chi connectivity index (χ1v) is 3.63. The van der Waals surface area contributed by atoms with Crippen LogP contribution in [0.5, 0.6) is 0 Å². The second-order valence-corrected chi connectivity index (χ2v) is 2.68. The number of carbonyl (C=O) groups excluding carboxylic acids is 1. The second kappa shape index (κ2) is 2.35. The molecule has 2 rings (SSSR count). The van der Waals surface area contributed by atoms with E-state index in [-0.39, 0.29) is 5.91 Å². The van der Waals surface area contributed by atoms with Crippen molar-refractivity contribution >= 4 is 11.6 Å². The first-order chi connectivity index (χ1) is 5.81. The van der Waals surface area contributed by atoms with E-state index in [1.807, 2.05) is 12.1 Å². The summed E-state index contributed by atoms with van der Waals surface area (Å²) in [5, 5.41) is 11.3. The maximum Gasteiger partial charge on any atom is 0.228 e. The van der Waals surface area contributed by atoms with Gasteiger partial charge in [-0.2, -0.15) is 5.26 Å². The number of hydrogen-bond donors (Lipinski definition) is 1. The van der Waals surface area contributed by atoms with Gasteiger partial charge in [-0.05, 0) is 11.6 Å². The number of fused-ring (bicyclic) bond motifs is 1. The first kappa shape index (κ1) is 6.86. The Bertz CT molecular complexity index is 390. The van der Waals surface area contributed by atoms with Gasteiger partial charge < -0.3 is 5.32 Å². The summed E-state index contributed by atoms with van der Waals surface area (Å²) in [4.78, 5) is 10.9. The zero-order valence-corrected chi connectivity index (χ0v) is 6.29. The first-order valence-electron chi connectivity index (χ1n) is 3.63. The van der Waals surface area contributed by atoms with Crippen molar-refractivity contribution in [3.8, 4) is 6.07 Å². The molecule has 3 heteroatoms. The van der Waals surface area contributed by atoms with E-state index in [1.165, 1.54) is 0 Å². The van der Waals surface area contributed by atoms with Gasteiger partial charge in [-0.3, -0.25) is 4.79 Å². The van der Waals surface area contributed by atoms with Crippen molar-refractivity contribution < 1.29 is 4.79 Å². The number of nitrogens with zero attached hydrogens (tertiary/aromatic N) is 1. The third-order valence-corrected chi connectivity index (χ3v) is 1.89. The van der Waals surface area contributed by atoms with E-state index in [2.05, 4.69) is 5.32 Å². The summed E-state index contributed by atoms with van der Waals surface area (Å²) in [6.45, 7) is 0. The average molecular weight is 158 g/mol. The number of nitrogens with one attached hydrogen (secondary N) is 1. The molecule has 0 fully saturated rings. The molecular weight excluding hydrogens is 152 g/mol. The molecule has 0 bridgehead atoms. The quantitative estimate of drug-likeness (QED) is 0.613. The summed E-state index contributed by atoms with van der Waals surface area (Å²) in [5.74, 6) is -0.0345. The molecule has 0 aromatic heterocycles. The number of hydrogen-bond acceptors (Lipinski definition) is 2. The lowest BCUT2D eigenvalue weighted by atomic mass is 10.1.